The number of hydrogen-bond acceptors (Lipinski definition) is 3. The highest BCUT2D eigenvalue weighted by Crippen LogP contribution is 2.51. The molecule has 2 aromatic carbocycles. The molecule has 0 amide bonds. The van der Waals surface area contributed by atoms with Crippen molar-refractivity contribution in [1.82, 2.24) is 0 Å². The molecule has 2 aromatic heterocycles. The number of benzene rings is 2. The van der Waals surface area contributed by atoms with Gasteiger partial charge in [-0.05, 0) is 59.5 Å². The number of pyridine rings is 1. The summed E-state index contributed by atoms with van der Waals surface area (Å²) in [7, 11) is 0. The number of aromatic amines is 1. The van der Waals surface area contributed by atoms with Gasteiger partial charge in [0.2, 0.25) is 5.52 Å². The van der Waals surface area contributed by atoms with Crippen LogP contribution in [0.25, 0.3) is 16.5 Å². The fourth-order valence-electron chi connectivity index (χ4n) is 5.21. The van der Waals surface area contributed by atoms with Crippen molar-refractivity contribution in [3.63, 3.8) is 0 Å². The lowest BCUT2D eigenvalue weighted by molar-refractivity contribution is -0.344. The summed E-state index contributed by atoms with van der Waals surface area (Å²) < 4.78 is 0. The van der Waals surface area contributed by atoms with Crippen LogP contribution in [-0.2, 0) is 4.79 Å². The van der Waals surface area contributed by atoms with Crippen LogP contribution in [0.4, 0.5) is 5.69 Å². The number of nitrogens with one attached hydrogen (secondary N) is 2. The molecule has 2 unspecified atom stereocenters. The molecule has 3 nitrogen and oxygen atoms in total. The number of aromatic nitrogens is 1. The predicted molar refractivity (Wildman–Crippen MR) is 126 cm³/mol. The fraction of sp³-hybridized carbons (Fsp3) is 0.185. The Hall–Kier alpha value is -3.24. The van der Waals surface area contributed by atoms with Gasteiger partial charge in [-0.2, -0.15) is 0 Å². The minimum absolute atomic E-state index is 0.0723. The molecule has 2 N–H and O–H groups in total. The van der Waals surface area contributed by atoms with Crippen molar-refractivity contribution in [2.24, 2.45) is 0 Å². The number of anilines is 1. The monoisotopic (exact) mass is 423 g/mol. The van der Waals surface area contributed by atoms with E-state index in [1.807, 2.05) is 18.3 Å². The number of H-pyrrole nitrogens is 1. The summed E-state index contributed by atoms with van der Waals surface area (Å²) in [6, 6.07) is 21.1. The van der Waals surface area contributed by atoms with Crippen LogP contribution >= 0.6 is 11.3 Å². The molecular weight excluding hydrogens is 400 g/mol. The van der Waals surface area contributed by atoms with E-state index >= 15 is 0 Å². The second-order valence-electron chi connectivity index (χ2n) is 8.50. The Kier molecular flexibility index (Phi) is 4.29. The summed E-state index contributed by atoms with van der Waals surface area (Å²) in [4.78, 5) is 18.3. The number of hydrogen-bond donors (Lipinski definition) is 1. The van der Waals surface area contributed by atoms with Gasteiger partial charge in [0.1, 0.15) is 0 Å². The molecule has 0 bridgehead atoms. The van der Waals surface area contributed by atoms with E-state index in [9.17, 15) is 4.79 Å². The first-order valence-corrected chi connectivity index (χ1v) is 11.6. The summed E-state index contributed by atoms with van der Waals surface area (Å²) in [5.41, 5.74) is 8.05. The van der Waals surface area contributed by atoms with Gasteiger partial charge in [-0.1, -0.05) is 30.3 Å². The van der Waals surface area contributed by atoms with Crippen LogP contribution in [0.5, 0.6) is 0 Å². The van der Waals surface area contributed by atoms with E-state index < -0.39 is 0 Å². The van der Waals surface area contributed by atoms with Crippen molar-refractivity contribution in [3.05, 3.63) is 99.4 Å². The Morgan fingerprint density at radius 3 is 2.68 bits per heavy atom. The first kappa shape index (κ1) is 18.5. The molecule has 4 heteroatoms. The maximum Gasteiger partial charge on any atom is 0.211 e. The second kappa shape index (κ2) is 7.17. The van der Waals surface area contributed by atoms with Crippen molar-refractivity contribution in [2.45, 2.75) is 31.7 Å². The lowest BCUT2D eigenvalue weighted by Crippen LogP contribution is -2.29. The molecule has 0 fully saturated rings. The molecule has 0 radical (unpaired) electrons. The third-order valence-corrected chi connectivity index (χ3v) is 7.76. The Morgan fingerprint density at radius 1 is 1.00 bits per heavy atom. The number of Topliss-reactive ketones (excluding diaryl/α,β-unsaturated/α-hetero) is 1. The van der Waals surface area contributed by atoms with Crippen molar-refractivity contribution >= 4 is 39.3 Å². The Balaban J connectivity index is 1.60. The van der Waals surface area contributed by atoms with E-state index in [-0.39, 0.29) is 17.7 Å². The fourth-order valence-corrected chi connectivity index (χ4v) is 6.20. The minimum Gasteiger partial charge on any atom is -0.373 e. The molecule has 2 aliphatic rings. The van der Waals surface area contributed by atoms with Crippen molar-refractivity contribution in [1.29, 1.82) is 0 Å². The summed E-state index contributed by atoms with van der Waals surface area (Å²) in [6.07, 6.45) is 3.41. The van der Waals surface area contributed by atoms with E-state index in [4.69, 9.17) is 0 Å². The molecule has 4 aromatic rings. The molecule has 6 rings (SSSR count). The zero-order valence-electron chi connectivity index (χ0n) is 17.3. The lowest BCUT2D eigenvalue weighted by atomic mass is 9.72. The van der Waals surface area contributed by atoms with E-state index in [0.717, 1.165) is 23.2 Å². The van der Waals surface area contributed by atoms with Gasteiger partial charge in [-0.3, -0.25) is 4.79 Å². The quantitative estimate of drug-likeness (QED) is 0.424. The minimum atomic E-state index is -0.0723. The van der Waals surface area contributed by atoms with Crippen LogP contribution in [0.3, 0.4) is 0 Å². The largest absolute Gasteiger partial charge is 0.373 e. The van der Waals surface area contributed by atoms with Crippen molar-refractivity contribution < 1.29 is 9.78 Å². The van der Waals surface area contributed by atoms with E-state index in [1.165, 1.54) is 32.5 Å². The smallest absolute Gasteiger partial charge is 0.211 e. The molecular formula is C27H23N2OS+. The van der Waals surface area contributed by atoms with Gasteiger partial charge < -0.3 is 5.32 Å². The lowest BCUT2D eigenvalue weighted by Gasteiger charge is -2.37. The Labute approximate surface area is 185 Å². The third kappa shape index (κ3) is 2.94. The average molecular weight is 424 g/mol. The first-order valence-electron chi connectivity index (χ1n) is 10.8. The van der Waals surface area contributed by atoms with Gasteiger partial charge in [0.15, 0.2) is 12.0 Å². The number of ketones is 1. The third-order valence-electron chi connectivity index (χ3n) is 6.68. The van der Waals surface area contributed by atoms with Gasteiger partial charge in [-0.25, -0.2) is 4.98 Å². The number of allylic oxidation sites excluding steroid dienone is 1. The first-order chi connectivity index (χ1) is 15.2. The number of carbonyl (C=O) groups excluding carboxylic acids is 1. The number of rotatable bonds is 2. The predicted octanol–water partition coefficient (Wildman–Crippen LogP) is 6.09. The molecule has 3 heterocycles. The van der Waals surface area contributed by atoms with Crippen molar-refractivity contribution in [3.8, 4) is 0 Å². The van der Waals surface area contributed by atoms with Crippen LogP contribution in [0.2, 0.25) is 0 Å². The summed E-state index contributed by atoms with van der Waals surface area (Å²) in [5, 5.41) is 7.03. The van der Waals surface area contributed by atoms with Crippen LogP contribution in [-0.4, -0.2) is 5.78 Å². The van der Waals surface area contributed by atoms with Crippen molar-refractivity contribution in [2.75, 3.05) is 5.32 Å². The topological polar surface area (TPSA) is 43.2 Å². The van der Waals surface area contributed by atoms with E-state index in [2.05, 4.69) is 71.1 Å². The molecule has 0 spiro atoms. The van der Waals surface area contributed by atoms with Crippen LogP contribution in [0, 0.1) is 6.92 Å². The summed E-state index contributed by atoms with van der Waals surface area (Å²) in [6.45, 7) is 2.14. The highest BCUT2D eigenvalue weighted by molar-refractivity contribution is 7.10. The zero-order valence-corrected chi connectivity index (χ0v) is 18.1. The van der Waals surface area contributed by atoms with Crippen LogP contribution in [0.1, 0.15) is 46.4 Å². The van der Waals surface area contributed by atoms with Crippen LogP contribution in [0.15, 0.2) is 77.8 Å². The molecule has 0 saturated carbocycles. The molecule has 0 saturated heterocycles. The van der Waals surface area contributed by atoms with Gasteiger partial charge in [0.05, 0.1) is 11.4 Å². The number of carbonyl (C=O) groups is 1. The Bertz CT molecular complexity index is 1350. The SMILES string of the molecule is Cc1ccsc1C1Nc2ccc3[nH+]cccc3c2C2=C1C(=O)CC(c1ccccc1)C2. The van der Waals surface area contributed by atoms with Gasteiger partial charge >= 0.3 is 0 Å². The van der Waals surface area contributed by atoms with Gasteiger partial charge in [-0.15, -0.1) is 11.3 Å². The molecule has 1 aliphatic heterocycles. The standard InChI is InChI=1S/C27H22N2OS/c1-16-11-13-31-27(16)26-25-20(14-18(15-23(25)30)17-6-3-2-4-7-17)24-19-8-5-12-28-21(19)9-10-22(24)29-26/h2-13,18,26,29H,14-15H2,1H3/p+1. The number of aryl methyl sites for hydroxylation is 1. The van der Waals surface area contributed by atoms with E-state index in [1.54, 1.807) is 11.3 Å². The highest BCUT2D eigenvalue weighted by Gasteiger charge is 2.39. The molecule has 152 valence electrons. The number of fused-ring (bicyclic) bond motifs is 4. The number of thiophene rings is 1. The molecule has 2 atom stereocenters. The van der Waals surface area contributed by atoms with Gasteiger partial charge in [0, 0.05) is 40.3 Å². The maximum atomic E-state index is 13.7. The molecule has 1 aliphatic carbocycles. The average Bonchev–Trinajstić information content (AvgIpc) is 3.24. The normalized spacial score (nSPS) is 20.4. The maximum absolute atomic E-state index is 13.7. The summed E-state index contributed by atoms with van der Waals surface area (Å²) in [5.74, 6) is 0.481. The molecule has 31 heavy (non-hydrogen) atoms. The van der Waals surface area contributed by atoms with E-state index in [0.29, 0.717) is 6.42 Å². The second-order valence-corrected chi connectivity index (χ2v) is 9.44. The zero-order chi connectivity index (χ0) is 20.9. The van der Waals surface area contributed by atoms with Crippen LogP contribution < -0.4 is 10.3 Å². The van der Waals surface area contributed by atoms with Gasteiger partial charge in [0.25, 0.3) is 0 Å². The Morgan fingerprint density at radius 2 is 1.87 bits per heavy atom. The summed E-state index contributed by atoms with van der Waals surface area (Å²) >= 11 is 1.73. The highest BCUT2D eigenvalue weighted by atomic mass is 32.1.